The molecule has 5 aromatic rings. The molecule has 0 heterocycles. The third-order valence-electron chi connectivity index (χ3n) is 4.42. The van der Waals surface area contributed by atoms with E-state index in [4.69, 9.17) is 45.0 Å². The Morgan fingerprint density at radius 2 is 0.329 bits per heavy atom. The van der Waals surface area contributed by atoms with Crippen molar-refractivity contribution in [2.45, 2.75) is 207 Å². The SMILES string of the molecule is CC.CC.CC.CC.CC.CC.CC.CC.CC.CC.CC(=O)O.CC(=O)O.CC(=O)O.CC(C)=O.CC(C)=O.CC(C)=O.CO.CO.CO.[Y].[Y].[Y].c1ccc(Cc2ccccc2)cc1.c1ccc2ccccc2c1.c1ccccc1. The molecule has 0 bridgehead atoms. The van der Waals surface area contributed by atoms with Crippen LogP contribution in [-0.2, 0) is 133 Å². The predicted octanol–water partition coefficient (Wildman–Crippen LogP) is 18.9. The molecule has 0 unspecified atom stereocenters. The van der Waals surface area contributed by atoms with Gasteiger partial charge in [0.2, 0.25) is 0 Å². The molecule has 3 radical (unpaired) electrons. The van der Waals surface area contributed by atoms with Crippen LogP contribution in [0.1, 0.15) is 212 Å². The van der Waals surface area contributed by atoms with E-state index >= 15 is 0 Å². The number of Topliss-reactive ketones (excluding diaryl/α,β-unsaturated/α-hetero) is 3. The van der Waals surface area contributed by atoms with Gasteiger partial charge < -0.3 is 45.0 Å². The number of rotatable bonds is 2. The van der Waals surface area contributed by atoms with Crippen molar-refractivity contribution in [3.63, 3.8) is 0 Å². The Hall–Kier alpha value is -3.03. The molecule has 0 aliphatic carbocycles. The van der Waals surface area contributed by atoms with E-state index in [0.29, 0.717) is 0 Å². The second kappa shape index (κ2) is 171. The second-order valence-corrected chi connectivity index (χ2v) is 10.9. The number of carboxylic acid groups (broad SMARTS) is 3. The summed E-state index contributed by atoms with van der Waals surface area (Å²) >= 11 is 0. The predicted molar refractivity (Wildman–Crippen MR) is 353 cm³/mol. The van der Waals surface area contributed by atoms with Gasteiger partial charge in [-0.15, -0.1) is 0 Å². The molecule has 0 amide bonds. The summed E-state index contributed by atoms with van der Waals surface area (Å²) < 4.78 is 0. The molecule has 477 valence electrons. The van der Waals surface area contributed by atoms with E-state index in [2.05, 4.69) is 109 Å². The van der Waals surface area contributed by atoms with E-state index in [1.165, 1.54) is 63.4 Å². The standard InChI is InChI=1S/C13H12.C10H8.C6H6.3C3H6O.3C2H4O2.10C2H6.3CH4O.3Y/c1-3-7-12(8-4-1)11-13-9-5-2-6-10-13;1-2-6-10-8-4-3-7-9(10)5-1;1-2-4-6-5-3-1;3*1-3(2)4;3*1-2(3)4;13*1-2;;;/h1-10H,11H2;1-8H;1-6H;3*1-2H3;3*1H3,(H,3,4);10*1-2H3;3*2H,1H3;;;. The largest absolute Gasteiger partial charge is 0.481 e. The van der Waals surface area contributed by atoms with Crippen LogP contribution in [0.3, 0.4) is 0 Å². The van der Waals surface area contributed by atoms with Crippen LogP contribution in [0, 0.1) is 0 Å². The Bertz CT molecular complexity index is 1440. The summed E-state index contributed by atoms with van der Waals surface area (Å²) in [4.78, 5) is 55.3. The van der Waals surface area contributed by atoms with Crippen LogP contribution in [-0.4, -0.2) is 87.2 Å². The molecule has 82 heavy (non-hydrogen) atoms. The number of fused-ring (bicyclic) bond motifs is 1. The van der Waals surface area contributed by atoms with Gasteiger partial charge in [-0.2, -0.15) is 0 Å². The van der Waals surface area contributed by atoms with Gasteiger partial charge in [0.1, 0.15) is 17.3 Å². The normalized spacial score (nSPS) is 6.18. The quantitative estimate of drug-likeness (QED) is 0.0971. The maximum absolute atomic E-state index is 9.44. The van der Waals surface area contributed by atoms with Crippen molar-refractivity contribution < 1.29 is 158 Å². The Labute approximate surface area is 583 Å². The zero-order chi connectivity index (χ0) is 67.5. The first kappa shape index (κ1) is 138. The van der Waals surface area contributed by atoms with Gasteiger partial charge in [-0.1, -0.05) is 284 Å². The number of carbonyl (C=O) groups excluding carboxylic acids is 3. The molecule has 6 N–H and O–H groups in total. The number of aliphatic hydroxyl groups is 3. The molecule has 0 spiro atoms. The Kier molecular flexibility index (Phi) is 288. The van der Waals surface area contributed by atoms with Crippen molar-refractivity contribution in [3.8, 4) is 0 Å². The monoisotopic (exact) mass is 1390 g/mol. The number of hydrogen-bond donors (Lipinski definition) is 6. The first-order valence-electron chi connectivity index (χ1n) is 27.7. The van der Waals surface area contributed by atoms with Gasteiger partial charge in [-0.3, -0.25) is 14.4 Å². The molecule has 5 aromatic carbocycles. The fourth-order valence-electron chi connectivity index (χ4n) is 2.95. The minimum absolute atomic E-state index is 0. The van der Waals surface area contributed by atoms with Crippen LogP contribution in [0.25, 0.3) is 10.8 Å². The summed E-state index contributed by atoms with van der Waals surface area (Å²) in [7, 11) is 3.00. The molecule has 0 aliphatic heterocycles. The average Bonchev–Trinajstić information content (AvgIpc) is 3.48. The van der Waals surface area contributed by atoms with Crippen molar-refractivity contribution >= 4 is 46.0 Å². The van der Waals surface area contributed by atoms with Gasteiger partial charge in [0.15, 0.2) is 0 Å². The third-order valence-corrected chi connectivity index (χ3v) is 4.42. The molecular weight excluding hydrogens is 1260 g/mol. The van der Waals surface area contributed by atoms with Crippen LogP contribution >= 0.6 is 0 Å². The fourth-order valence-corrected chi connectivity index (χ4v) is 2.95. The maximum atomic E-state index is 9.44. The van der Waals surface area contributed by atoms with E-state index < -0.39 is 17.9 Å². The van der Waals surface area contributed by atoms with Crippen LogP contribution in [0.15, 0.2) is 146 Å². The van der Waals surface area contributed by atoms with Crippen molar-refractivity contribution in [3.05, 3.63) is 157 Å². The molecule has 0 aliphatic rings. The van der Waals surface area contributed by atoms with Gasteiger partial charge in [0.05, 0.1) is 0 Å². The molecule has 0 aromatic heterocycles. The second-order valence-electron chi connectivity index (χ2n) is 10.9. The van der Waals surface area contributed by atoms with Gasteiger partial charge >= 0.3 is 0 Å². The average molecular weight is 1390 g/mol. The minimum atomic E-state index is -0.833. The van der Waals surface area contributed by atoms with E-state index in [-0.39, 0.29) is 115 Å². The van der Waals surface area contributed by atoms with Crippen molar-refractivity contribution in [2.24, 2.45) is 0 Å². The summed E-state index contributed by atoms with van der Waals surface area (Å²) in [5.74, 6) is -2.00. The number of ketones is 3. The molecule has 5 rings (SSSR count). The van der Waals surface area contributed by atoms with Crippen molar-refractivity contribution in [1.82, 2.24) is 0 Å². The summed E-state index contributed by atoms with van der Waals surface area (Å²) in [5.41, 5.74) is 2.74. The topological polar surface area (TPSA) is 224 Å². The van der Waals surface area contributed by atoms with Gasteiger partial charge in [-0.05, 0) is 69.9 Å². The van der Waals surface area contributed by atoms with Crippen LogP contribution < -0.4 is 0 Å². The molecule has 0 fully saturated rings. The Morgan fingerprint density at radius 1 is 0.244 bits per heavy atom. The number of aliphatic hydroxyl groups excluding tert-OH is 3. The molecule has 0 atom stereocenters. The smallest absolute Gasteiger partial charge is 0.300 e. The molecule has 0 saturated carbocycles. The molecular formula is C67H128O12Y3. The first-order chi connectivity index (χ1) is 37.8. The van der Waals surface area contributed by atoms with E-state index in [0.717, 1.165) is 48.5 Å². The van der Waals surface area contributed by atoms with Gasteiger partial charge in [0, 0.05) is 140 Å². The van der Waals surface area contributed by atoms with Crippen LogP contribution in [0.2, 0.25) is 0 Å². The van der Waals surface area contributed by atoms with Crippen molar-refractivity contribution in [1.29, 1.82) is 0 Å². The van der Waals surface area contributed by atoms with E-state index in [1.807, 2.05) is 175 Å². The zero-order valence-corrected chi connectivity index (χ0v) is 66.9. The number of carboxylic acids is 3. The number of benzene rings is 5. The van der Waals surface area contributed by atoms with Crippen LogP contribution in [0.5, 0.6) is 0 Å². The first-order valence-corrected chi connectivity index (χ1v) is 27.7. The van der Waals surface area contributed by atoms with Gasteiger partial charge in [-0.25, -0.2) is 0 Å². The fraction of sp³-hybridized carbons (Fsp3) is 0.493. The zero-order valence-electron chi connectivity index (χ0n) is 58.4. The van der Waals surface area contributed by atoms with E-state index in [9.17, 15) is 14.4 Å². The Balaban J connectivity index is -0.0000000285. The summed E-state index contributed by atoms with van der Waals surface area (Å²) in [5, 5.41) is 45.9. The minimum Gasteiger partial charge on any atom is -0.481 e. The summed E-state index contributed by atoms with van der Waals surface area (Å²) in [6, 6.07) is 49.8. The van der Waals surface area contributed by atoms with Crippen molar-refractivity contribution in [2.75, 3.05) is 21.3 Å². The van der Waals surface area contributed by atoms with Crippen LogP contribution in [0.4, 0.5) is 0 Å². The van der Waals surface area contributed by atoms with E-state index in [1.54, 1.807) is 0 Å². The third kappa shape index (κ3) is 265. The molecule has 0 saturated heterocycles. The van der Waals surface area contributed by atoms with Gasteiger partial charge in [0.25, 0.3) is 17.9 Å². The summed E-state index contributed by atoms with van der Waals surface area (Å²) in [6.07, 6.45) is 1.03. The number of hydrogen-bond acceptors (Lipinski definition) is 9. The maximum Gasteiger partial charge on any atom is 0.300 e. The number of aliphatic carboxylic acids is 3. The molecule has 12 nitrogen and oxygen atoms in total. The molecule has 15 heteroatoms. The Morgan fingerprint density at radius 3 is 0.439 bits per heavy atom. The number of carbonyl (C=O) groups is 6. The summed E-state index contributed by atoms with van der Waals surface area (Å²) in [6.45, 7) is 52.4.